The van der Waals surface area contributed by atoms with Gasteiger partial charge in [0.05, 0.1) is 24.9 Å². The van der Waals surface area contributed by atoms with E-state index in [-0.39, 0.29) is 42.7 Å². The van der Waals surface area contributed by atoms with Gasteiger partial charge in [-0.2, -0.15) is 0 Å². The van der Waals surface area contributed by atoms with Crippen LogP contribution in [0, 0.1) is 0 Å². The number of benzene rings is 1. The van der Waals surface area contributed by atoms with Crippen LogP contribution in [0.5, 0.6) is 0 Å². The molecule has 1 aromatic heterocycles. The van der Waals surface area contributed by atoms with Gasteiger partial charge in [0.1, 0.15) is 5.00 Å². The number of nitrogens with one attached hydrogen (secondary N) is 2. The van der Waals surface area contributed by atoms with Crippen LogP contribution >= 0.6 is 11.3 Å². The molecule has 10 nitrogen and oxygen atoms in total. The van der Waals surface area contributed by atoms with Crippen molar-refractivity contribution >= 4 is 51.7 Å². The molecule has 1 saturated heterocycles. The number of imide groups is 1. The van der Waals surface area contributed by atoms with E-state index >= 15 is 0 Å². The Kier molecular flexibility index (Phi) is 6.14. The minimum absolute atomic E-state index is 0.147. The maximum atomic E-state index is 13.0. The number of methoxy groups -OCH3 is 1. The number of rotatable bonds is 4. The normalized spacial score (nSPS) is 15.3. The summed E-state index contributed by atoms with van der Waals surface area (Å²) >= 11 is 1.23. The van der Waals surface area contributed by atoms with Crippen LogP contribution in [0.2, 0.25) is 0 Å². The molecule has 3 heterocycles. The second-order valence-corrected chi connectivity index (χ2v) is 8.66. The van der Waals surface area contributed by atoms with Crippen LogP contribution in [0.15, 0.2) is 24.3 Å². The summed E-state index contributed by atoms with van der Waals surface area (Å²) in [6.45, 7) is 0.676. The van der Waals surface area contributed by atoms with Crippen molar-refractivity contribution in [2.45, 2.75) is 25.8 Å². The molecular weight excluding hydrogens is 448 g/mol. The van der Waals surface area contributed by atoms with E-state index in [1.54, 1.807) is 18.2 Å². The maximum absolute atomic E-state index is 13.0. The monoisotopic (exact) mass is 470 g/mol. The van der Waals surface area contributed by atoms with Crippen molar-refractivity contribution in [3.8, 4) is 0 Å². The molecule has 172 valence electrons. The minimum Gasteiger partial charge on any atom is -0.453 e. The number of hydrogen-bond acceptors (Lipinski definition) is 7. The molecule has 0 radical (unpaired) electrons. The van der Waals surface area contributed by atoms with E-state index in [0.29, 0.717) is 29.2 Å². The average molecular weight is 471 g/mol. The van der Waals surface area contributed by atoms with Gasteiger partial charge in [0, 0.05) is 36.9 Å². The third-order valence-electron chi connectivity index (χ3n) is 5.59. The minimum atomic E-state index is -0.482. The zero-order valence-electron chi connectivity index (χ0n) is 18.1. The van der Waals surface area contributed by atoms with E-state index in [1.165, 1.54) is 36.5 Å². The number of hydrogen-bond donors (Lipinski definition) is 2. The summed E-state index contributed by atoms with van der Waals surface area (Å²) in [5.74, 6) is -1.43. The second-order valence-electron chi connectivity index (χ2n) is 7.56. The van der Waals surface area contributed by atoms with E-state index in [1.807, 2.05) is 0 Å². The van der Waals surface area contributed by atoms with E-state index in [0.717, 1.165) is 15.3 Å². The lowest BCUT2D eigenvalue weighted by Gasteiger charge is -2.25. The van der Waals surface area contributed by atoms with Crippen LogP contribution in [-0.2, 0) is 27.3 Å². The molecule has 2 aliphatic heterocycles. The van der Waals surface area contributed by atoms with Crippen LogP contribution in [0.1, 0.15) is 44.0 Å². The van der Waals surface area contributed by atoms with Crippen molar-refractivity contribution in [2.24, 2.45) is 0 Å². The van der Waals surface area contributed by atoms with Crippen molar-refractivity contribution in [3.63, 3.8) is 0 Å². The summed E-state index contributed by atoms with van der Waals surface area (Å²) in [5, 5.41) is 5.76. The Morgan fingerprint density at radius 2 is 1.79 bits per heavy atom. The average Bonchev–Trinajstić information content (AvgIpc) is 3.35. The number of nitrogens with zero attached hydrogens (tertiary/aromatic N) is 2. The van der Waals surface area contributed by atoms with Crippen molar-refractivity contribution in [1.29, 1.82) is 0 Å². The van der Waals surface area contributed by atoms with Gasteiger partial charge in [-0.1, -0.05) is 6.07 Å². The van der Waals surface area contributed by atoms with Crippen LogP contribution in [-0.4, -0.2) is 55.3 Å². The highest BCUT2D eigenvalue weighted by Crippen LogP contribution is 2.37. The first-order valence-electron chi connectivity index (χ1n) is 10.3. The predicted molar refractivity (Wildman–Crippen MR) is 120 cm³/mol. The van der Waals surface area contributed by atoms with Gasteiger partial charge in [-0.3, -0.25) is 24.1 Å². The molecule has 2 aliphatic rings. The molecule has 0 bridgehead atoms. The molecule has 0 aliphatic carbocycles. The highest BCUT2D eigenvalue weighted by atomic mass is 32.1. The van der Waals surface area contributed by atoms with Crippen molar-refractivity contribution < 1.29 is 28.7 Å². The van der Waals surface area contributed by atoms with Crippen LogP contribution in [0.3, 0.4) is 0 Å². The number of carbonyl (C=O) groups excluding carboxylic acids is 5. The Labute approximate surface area is 193 Å². The van der Waals surface area contributed by atoms with Gasteiger partial charge < -0.3 is 20.3 Å². The molecule has 0 unspecified atom stereocenters. The molecule has 2 aromatic rings. The summed E-state index contributed by atoms with van der Waals surface area (Å²) in [4.78, 5) is 65.1. The predicted octanol–water partition coefficient (Wildman–Crippen LogP) is 2.14. The molecule has 0 saturated carbocycles. The summed E-state index contributed by atoms with van der Waals surface area (Å²) < 4.78 is 4.79. The fourth-order valence-corrected chi connectivity index (χ4v) is 5.22. The van der Waals surface area contributed by atoms with Gasteiger partial charge >= 0.3 is 6.09 Å². The van der Waals surface area contributed by atoms with E-state index in [9.17, 15) is 24.0 Å². The Balaban J connectivity index is 1.62. The van der Waals surface area contributed by atoms with Crippen LogP contribution < -0.4 is 15.5 Å². The molecule has 2 N–H and O–H groups in total. The highest BCUT2D eigenvalue weighted by Gasteiger charge is 2.32. The molecular formula is C22H22N4O6S. The molecule has 5 amide bonds. The van der Waals surface area contributed by atoms with Crippen molar-refractivity contribution in [2.75, 3.05) is 30.9 Å². The SMILES string of the molecule is CNC(=O)c1c(NC(=O)c2cccc(N3C(=O)CCC3=O)c2)sc2c1CCN(C(=O)OC)C2. The third kappa shape index (κ3) is 4.19. The lowest BCUT2D eigenvalue weighted by Crippen LogP contribution is -2.35. The lowest BCUT2D eigenvalue weighted by atomic mass is 10.0. The fourth-order valence-electron chi connectivity index (χ4n) is 3.97. The number of fused-ring (bicyclic) bond motifs is 1. The summed E-state index contributed by atoms with van der Waals surface area (Å²) in [6, 6.07) is 6.23. The number of carbonyl (C=O) groups is 5. The number of ether oxygens (including phenoxy) is 1. The summed E-state index contributed by atoms with van der Waals surface area (Å²) in [5.41, 5.74) is 1.74. The number of amides is 5. The largest absolute Gasteiger partial charge is 0.453 e. The van der Waals surface area contributed by atoms with Gasteiger partial charge in [0.25, 0.3) is 11.8 Å². The van der Waals surface area contributed by atoms with Gasteiger partial charge in [-0.25, -0.2) is 4.79 Å². The first-order valence-corrected chi connectivity index (χ1v) is 11.1. The first-order chi connectivity index (χ1) is 15.8. The van der Waals surface area contributed by atoms with E-state index in [4.69, 9.17) is 4.74 Å². The van der Waals surface area contributed by atoms with E-state index in [2.05, 4.69) is 10.6 Å². The van der Waals surface area contributed by atoms with Gasteiger partial charge in [-0.05, 0) is 30.2 Å². The summed E-state index contributed by atoms with van der Waals surface area (Å²) in [7, 11) is 2.82. The lowest BCUT2D eigenvalue weighted by molar-refractivity contribution is -0.121. The zero-order chi connectivity index (χ0) is 23.7. The van der Waals surface area contributed by atoms with Gasteiger partial charge in [0.2, 0.25) is 11.8 Å². The Bertz CT molecular complexity index is 1160. The fraction of sp³-hybridized carbons (Fsp3) is 0.318. The Morgan fingerprint density at radius 3 is 2.45 bits per heavy atom. The highest BCUT2D eigenvalue weighted by molar-refractivity contribution is 7.17. The summed E-state index contributed by atoms with van der Waals surface area (Å²) in [6.07, 6.45) is 0.292. The van der Waals surface area contributed by atoms with Gasteiger partial charge in [0.15, 0.2) is 0 Å². The molecule has 0 atom stereocenters. The topological polar surface area (TPSA) is 125 Å². The second kappa shape index (κ2) is 9.02. The van der Waals surface area contributed by atoms with E-state index < -0.39 is 12.0 Å². The molecule has 0 spiro atoms. The van der Waals surface area contributed by atoms with Crippen molar-refractivity contribution in [1.82, 2.24) is 10.2 Å². The van der Waals surface area contributed by atoms with Crippen molar-refractivity contribution in [3.05, 3.63) is 45.8 Å². The maximum Gasteiger partial charge on any atom is 0.409 e. The molecule has 11 heteroatoms. The van der Waals surface area contributed by atoms with Gasteiger partial charge in [-0.15, -0.1) is 11.3 Å². The Hall–Kier alpha value is -3.73. The van der Waals surface area contributed by atoms with Crippen LogP contribution in [0.4, 0.5) is 15.5 Å². The number of thiophene rings is 1. The Morgan fingerprint density at radius 1 is 1.06 bits per heavy atom. The quantitative estimate of drug-likeness (QED) is 0.660. The van der Waals surface area contributed by atoms with Crippen LogP contribution in [0.25, 0.3) is 0 Å². The first kappa shape index (κ1) is 22.5. The smallest absolute Gasteiger partial charge is 0.409 e. The third-order valence-corrected chi connectivity index (χ3v) is 6.72. The zero-order valence-corrected chi connectivity index (χ0v) is 18.9. The molecule has 1 aromatic carbocycles. The molecule has 1 fully saturated rings. The molecule has 33 heavy (non-hydrogen) atoms. The molecule has 4 rings (SSSR count). The standard InChI is InChI=1S/C22H22N4O6S/c1-23-20(30)18-14-8-9-25(22(31)32-2)11-15(14)33-21(18)24-19(29)12-4-3-5-13(10-12)26-16(27)6-7-17(26)28/h3-5,10H,6-9,11H2,1-2H3,(H,23,30)(H,24,29). The number of anilines is 2.